The van der Waals surface area contributed by atoms with Crippen LogP contribution < -0.4 is 14.8 Å². The molecule has 1 aromatic carbocycles. The molecule has 1 aliphatic carbocycles. The smallest absolute Gasteiger partial charge is 0.264 e. The number of likely N-dealkylation sites (tertiary alicyclic amines) is 1. The molecule has 1 saturated heterocycles. The van der Waals surface area contributed by atoms with E-state index in [1.165, 1.54) is 38.6 Å². The van der Waals surface area contributed by atoms with Crippen LogP contribution in [-0.4, -0.2) is 49.2 Å². The minimum Gasteiger partial charge on any atom is -0.485 e. The molecule has 4 rings (SSSR count). The molecule has 0 spiro atoms. The van der Waals surface area contributed by atoms with Gasteiger partial charge in [-0.25, -0.2) is 0 Å². The molecule has 2 fully saturated rings. The maximum absolute atomic E-state index is 12.5. The predicted octanol–water partition coefficient (Wildman–Crippen LogP) is 2.99. The highest BCUT2D eigenvalue weighted by Gasteiger charge is 2.30. The second-order valence-corrected chi connectivity index (χ2v) is 7.95. The Bertz CT molecular complexity index is 607. The summed E-state index contributed by atoms with van der Waals surface area (Å²) in [6.45, 7) is 3.71. The Morgan fingerprint density at radius 3 is 2.54 bits per heavy atom. The van der Waals surface area contributed by atoms with E-state index < -0.39 is 6.10 Å². The Morgan fingerprint density at radius 2 is 1.77 bits per heavy atom. The molecule has 1 unspecified atom stereocenters. The van der Waals surface area contributed by atoms with Gasteiger partial charge >= 0.3 is 0 Å². The molecule has 1 aromatic rings. The van der Waals surface area contributed by atoms with E-state index in [1.807, 2.05) is 24.3 Å². The van der Waals surface area contributed by atoms with Gasteiger partial charge in [-0.1, -0.05) is 31.4 Å². The van der Waals surface area contributed by atoms with E-state index in [0.717, 1.165) is 31.8 Å². The summed E-state index contributed by atoms with van der Waals surface area (Å²) in [6, 6.07) is 7.77. The number of hydrogen-bond donors (Lipinski definition) is 1. The fraction of sp³-hybridized carbons (Fsp3) is 0.667. The number of carbonyl (C=O) groups is 1. The number of hydrogen-bond acceptors (Lipinski definition) is 4. The van der Waals surface area contributed by atoms with Gasteiger partial charge in [0.05, 0.1) is 0 Å². The second kappa shape index (κ2) is 8.30. The van der Waals surface area contributed by atoms with Crippen molar-refractivity contribution in [3.05, 3.63) is 24.3 Å². The number of rotatable bonds is 4. The standard InChI is InChI=1S/C21H30N2O3/c24-21(20-15-25-18-8-4-5-9-19(18)26-20)22-17-10-12-23(13-11-17)14-16-6-2-1-3-7-16/h4-5,8-9,16-17,20H,1-3,6-7,10-15H2,(H,22,24). The van der Waals surface area contributed by atoms with Crippen molar-refractivity contribution < 1.29 is 14.3 Å². The van der Waals surface area contributed by atoms with E-state index >= 15 is 0 Å². The van der Waals surface area contributed by atoms with Gasteiger partial charge in [0.1, 0.15) is 6.61 Å². The van der Waals surface area contributed by atoms with Crippen LogP contribution in [0.15, 0.2) is 24.3 Å². The lowest BCUT2D eigenvalue weighted by molar-refractivity contribution is -0.131. The predicted molar refractivity (Wildman–Crippen MR) is 101 cm³/mol. The van der Waals surface area contributed by atoms with Crippen molar-refractivity contribution in [2.45, 2.75) is 57.1 Å². The van der Waals surface area contributed by atoms with Crippen LogP contribution in [0, 0.1) is 5.92 Å². The molecule has 2 heterocycles. The number of carbonyl (C=O) groups excluding carboxylic acids is 1. The fourth-order valence-corrected chi connectivity index (χ4v) is 4.44. The highest BCUT2D eigenvalue weighted by Crippen LogP contribution is 2.31. The Kier molecular flexibility index (Phi) is 5.63. The molecule has 0 aromatic heterocycles. The lowest BCUT2D eigenvalue weighted by Crippen LogP contribution is -2.51. The number of fused-ring (bicyclic) bond motifs is 1. The largest absolute Gasteiger partial charge is 0.485 e. The molecule has 1 atom stereocenters. The molecule has 5 heteroatoms. The summed E-state index contributed by atoms with van der Waals surface area (Å²) in [6.07, 6.45) is 8.54. The topological polar surface area (TPSA) is 50.8 Å². The van der Waals surface area contributed by atoms with E-state index in [4.69, 9.17) is 9.47 Å². The molecule has 1 N–H and O–H groups in total. The number of piperidine rings is 1. The molecule has 5 nitrogen and oxygen atoms in total. The first-order valence-electron chi connectivity index (χ1n) is 10.2. The van der Waals surface area contributed by atoms with Crippen LogP contribution in [0.3, 0.4) is 0 Å². The average molecular weight is 358 g/mol. The molecular weight excluding hydrogens is 328 g/mol. The number of nitrogens with one attached hydrogen (secondary N) is 1. The molecule has 0 radical (unpaired) electrons. The zero-order valence-corrected chi connectivity index (χ0v) is 15.5. The minimum atomic E-state index is -0.551. The van der Waals surface area contributed by atoms with Crippen molar-refractivity contribution in [1.29, 1.82) is 0 Å². The van der Waals surface area contributed by atoms with Crippen LogP contribution in [0.5, 0.6) is 11.5 Å². The number of nitrogens with zero attached hydrogens (tertiary/aromatic N) is 1. The first kappa shape index (κ1) is 17.7. The molecule has 2 aliphatic heterocycles. The zero-order valence-electron chi connectivity index (χ0n) is 15.5. The third-order valence-corrected chi connectivity index (χ3v) is 5.98. The summed E-state index contributed by atoms with van der Waals surface area (Å²) < 4.78 is 11.5. The number of para-hydroxylation sites is 2. The first-order valence-corrected chi connectivity index (χ1v) is 10.2. The Hall–Kier alpha value is -1.75. The summed E-state index contributed by atoms with van der Waals surface area (Å²) >= 11 is 0. The molecule has 1 saturated carbocycles. The quantitative estimate of drug-likeness (QED) is 0.899. The van der Waals surface area contributed by atoms with Gasteiger partial charge in [-0.3, -0.25) is 4.79 Å². The Balaban J connectivity index is 1.21. The summed E-state index contributed by atoms with van der Waals surface area (Å²) in [5.74, 6) is 2.21. The van der Waals surface area contributed by atoms with Gasteiger partial charge in [-0.05, 0) is 43.7 Å². The van der Waals surface area contributed by atoms with E-state index in [-0.39, 0.29) is 18.6 Å². The van der Waals surface area contributed by atoms with Crippen molar-refractivity contribution >= 4 is 5.91 Å². The van der Waals surface area contributed by atoms with Crippen molar-refractivity contribution in [1.82, 2.24) is 10.2 Å². The lowest BCUT2D eigenvalue weighted by Gasteiger charge is -2.36. The zero-order chi connectivity index (χ0) is 17.8. The fourth-order valence-electron chi connectivity index (χ4n) is 4.44. The van der Waals surface area contributed by atoms with Crippen molar-refractivity contribution in [3.63, 3.8) is 0 Å². The van der Waals surface area contributed by atoms with E-state index in [9.17, 15) is 4.79 Å². The van der Waals surface area contributed by atoms with E-state index in [0.29, 0.717) is 11.5 Å². The molecule has 1 amide bonds. The maximum Gasteiger partial charge on any atom is 0.264 e. The van der Waals surface area contributed by atoms with Crippen molar-refractivity contribution in [2.75, 3.05) is 26.2 Å². The highest BCUT2D eigenvalue weighted by molar-refractivity contribution is 5.82. The van der Waals surface area contributed by atoms with Gasteiger partial charge in [-0.2, -0.15) is 0 Å². The molecule has 142 valence electrons. The Morgan fingerprint density at radius 1 is 1.04 bits per heavy atom. The summed E-state index contributed by atoms with van der Waals surface area (Å²) in [5.41, 5.74) is 0. The Labute approximate surface area is 156 Å². The summed E-state index contributed by atoms with van der Waals surface area (Å²) in [7, 11) is 0. The lowest BCUT2D eigenvalue weighted by atomic mass is 9.88. The maximum atomic E-state index is 12.5. The van der Waals surface area contributed by atoms with Crippen LogP contribution >= 0.6 is 0 Å². The van der Waals surface area contributed by atoms with Crippen molar-refractivity contribution in [2.24, 2.45) is 5.92 Å². The van der Waals surface area contributed by atoms with Crippen LogP contribution in [0.2, 0.25) is 0 Å². The number of amides is 1. The average Bonchev–Trinajstić information content (AvgIpc) is 2.70. The number of benzene rings is 1. The van der Waals surface area contributed by atoms with E-state index in [2.05, 4.69) is 10.2 Å². The van der Waals surface area contributed by atoms with Gasteiger partial charge in [0.2, 0.25) is 6.10 Å². The first-order chi connectivity index (χ1) is 12.8. The van der Waals surface area contributed by atoms with Crippen LogP contribution in [0.25, 0.3) is 0 Å². The third-order valence-electron chi connectivity index (χ3n) is 5.98. The summed E-state index contributed by atoms with van der Waals surface area (Å²) in [4.78, 5) is 15.1. The SMILES string of the molecule is O=C(NC1CCN(CC2CCCCC2)CC1)C1COc2ccccc2O1. The molecule has 26 heavy (non-hydrogen) atoms. The summed E-state index contributed by atoms with van der Waals surface area (Å²) in [5, 5.41) is 3.17. The van der Waals surface area contributed by atoms with Gasteiger partial charge in [-0.15, -0.1) is 0 Å². The van der Waals surface area contributed by atoms with Gasteiger partial charge in [0, 0.05) is 25.7 Å². The van der Waals surface area contributed by atoms with Gasteiger partial charge in [0.25, 0.3) is 5.91 Å². The molecular formula is C21H30N2O3. The van der Waals surface area contributed by atoms with E-state index in [1.54, 1.807) is 0 Å². The highest BCUT2D eigenvalue weighted by atomic mass is 16.6. The van der Waals surface area contributed by atoms with Crippen LogP contribution in [0.1, 0.15) is 44.9 Å². The van der Waals surface area contributed by atoms with Crippen LogP contribution in [0.4, 0.5) is 0 Å². The molecule has 0 bridgehead atoms. The van der Waals surface area contributed by atoms with Gasteiger partial charge in [0.15, 0.2) is 11.5 Å². The normalized spacial score (nSPS) is 25.0. The second-order valence-electron chi connectivity index (χ2n) is 7.95. The number of ether oxygens (including phenoxy) is 2. The van der Waals surface area contributed by atoms with Gasteiger partial charge < -0.3 is 19.7 Å². The monoisotopic (exact) mass is 358 g/mol. The minimum absolute atomic E-state index is 0.0507. The third kappa shape index (κ3) is 4.32. The van der Waals surface area contributed by atoms with Crippen molar-refractivity contribution in [3.8, 4) is 11.5 Å². The molecule has 3 aliphatic rings. The van der Waals surface area contributed by atoms with Crippen LogP contribution in [-0.2, 0) is 4.79 Å².